The average Bonchev–Trinajstić information content (AvgIpc) is 2.91. The molecule has 0 fully saturated rings. The summed E-state index contributed by atoms with van der Waals surface area (Å²) in [6, 6.07) is 21.1. The highest BCUT2D eigenvalue weighted by Gasteiger charge is 2.13. The van der Waals surface area contributed by atoms with Crippen molar-refractivity contribution in [1.29, 1.82) is 0 Å². The molecule has 21 heavy (non-hydrogen) atoms. The molecule has 0 saturated carbocycles. The fraction of sp³-hybridized carbons (Fsp3) is 0.100. The van der Waals surface area contributed by atoms with Crippen LogP contribution in [0.15, 0.2) is 65.1 Å². The molecule has 0 unspecified atom stereocenters. The number of para-hydroxylation sites is 1. The Morgan fingerprint density at radius 3 is 2.24 bits per heavy atom. The maximum absolute atomic E-state index is 6.25. The van der Waals surface area contributed by atoms with Crippen molar-refractivity contribution < 1.29 is 4.42 Å². The molecular formula is C20H16O. The van der Waals surface area contributed by atoms with Crippen molar-refractivity contribution in [3.8, 4) is 11.1 Å². The largest absolute Gasteiger partial charge is 0.455 e. The molecule has 1 heterocycles. The standard InChI is InChI=1S/C20H16O/c1-13-11-12-18-17-10-6-9-16(15-7-4-3-5-8-15)20(17)21-19(18)14(13)2/h3-12H,1-2H3. The fourth-order valence-electron chi connectivity index (χ4n) is 2.94. The third-order valence-corrected chi connectivity index (χ3v) is 4.27. The molecule has 102 valence electrons. The van der Waals surface area contributed by atoms with Crippen molar-refractivity contribution in [1.82, 2.24) is 0 Å². The first-order valence-electron chi connectivity index (χ1n) is 7.22. The summed E-state index contributed by atoms with van der Waals surface area (Å²) in [6.45, 7) is 4.25. The normalized spacial score (nSPS) is 11.3. The second-order valence-corrected chi connectivity index (χ2v) is 5.53. The van der Waals surface area contributed by atoms with E-state index in [2.05, 4.69) is 68.4 Å². The molecule has 0 bridgehead atoms. The lowest BCUT2D eigenvalue weighted by Crippen LogP contribution is -1.79. The lowest BCUT2D eigenvalue weighted by atomic mass is 10.0. The van der Waals surface area contributed by atoms with E-state index in [-0.39, 0.29) is 0 Å². The number of hydrogen-bond donors (Lipinski definition) is 0. The summed E-state index contributed by atoms with van der Waals surface area (Å²) >= 11 is 0. The molecule has 0 aliphatic rings. The minimum absolute atomic E-state index is 0.979. The smallest absolute Gasteiger partial charge is 0.143 e. The molecule has 0 N–H and O–H groups in total. The van der Waals surface area contributed by atoms with Crippen LogP contribution >= 0.6 is 0 Å². The summed E-state index contributed by atoms with van der Waals surface area (Å²) in [7, 11) is 0. The highest BCUT2D eigenvalue weighted by molar-refractivity contribution is 6.10. The van der Waals surface area contributed by atoms with Gasteiger partial charge in [0, 0.05) is 16.3 Å². The predicted molar refractivity (Wildman–Crippen MR) is 88.6 cm³/mol. The zero-order chi connectivity index (χ0) is 14.4. The Morgan fingerprint density at radius 2 is 1.43 bits per heavy atom. The van der Waals surface area contributed by atoms with Gasteiger partial charge in [-0.2, -0.15) is 0 Å². The van der Waals surface area contributed by atoms with Gasteiger partial charge in [-0.1, -0.05) is 60.7 Å². The number of benzene rings is 3. The van der Waals surface area contributed by atoms with Gasteiger partial charge in [-0.3, -0.25) is 0 Å². The van der Waals surface area contributed by atoms with Crippen LogP contribution in [0.2, 0.25) is 0 Å². The highest BCUT2D eigenvalue weighted by Crippen LogP contribution is 2.37. The summed E-state index contributed by atoms with van der Waals surface area (Å²) < 4.78 is 6.25. The predicted octanol–water partition coefficient (Wildman–Crippen LogP) is 5.87. The van der Waals surface area contributed by atoms with Gasteiger partial charge < -0.3 is 4.42 Å². The first kappa shape index (κ1) is 12.2. The summed E-state index contributed by atoms with van der Waals surface area (Å²) in [5.74, 6) is 0. The van der Waals surface area contributed by atoms with Gasteiger partial charge in [-0.15, -0.1) is 0 Å². The zero-order valence-electron chi connectivity index (χ0n) is 12.2. The molecule has 0 saturated heterocycles. The average molecular weight is 272 g/mol. The second-order valence-electron chi connectivity index (χ2n) is 5.53. The van der Waals surface area contributed by atoms with Crippen molar-refractivity contribution in [2.75, 3.05) is 0 Å². The zero-order valence-corrected chi connectivity index (χ0v) is 12.2. The van der Waals surface area contributed by atoms with E-state index < -0.39 is 0 Å². The van der Waals surface area contributed by atoms with Crippen LogP contribution in [0.1, 0.15) is 11.1 Å². The molecule has 1 heteroatoms. The van der Waals surface area contributed by atoms with Crippen LogP contribution in [0.25, 0.3) is 33.1 Å². The topological polar surface area (TPSA) is 13.1 Å². The van der Waals surface area contributed by atoms with Crippen LogP contribution in [0, 0.1) is 13.8 Å². The Balaban J connectivity index is 2.13. The summed E-state index contributed by atoms with van der Waals surface area (Å²) in [6.07, 6.45) is 0. The van der Waals surface area contributed by atoms with Crippen LogP contribution in [0.3, 0.4) is 0 Å². The van der Waals surface area contributed by atoms with Gasteiger partial charge in [0.2, 0.25) is 0 Å². The monoisotopic (exact) mass is 272 g/mol. The van der Waals surface area contributed by atoms with E-state index in [9.17, 15) is 0 Å². The lowest BCUT2D eigenvalue weighted by Gasteiger charge is -2.01. The summed E-state index contributed by atoms with van der Waals surface area (Å²) in [4.78, 5) is 0. The molecule has 0 aliphatic carbocycles. The maximum Gasteiger partial charge on any atom is 0.143 e. The minimum Gasteiger partial charge on any atom is -0.455 e. The van der Waals surface area contributed by atoms with E-state index in [1.54, 1.807) is 0 Å². The number of furan rings is 1. The quantitative estimate of drug-likeness (QED) is 0.422. The van der Waals surface area contributed by atoms with Gasteiger partial charge in [-0.05, 0) is 30.5 Å². The van der Waals surface area contributed by atoms with Gasteiger partial charge in [-0.25, -0.2) is 0 Å². The van der Waals surface area contributed by atoms with Gasteiger partial charge in [0.1, 0.15) is 11.2 Å². The summed E-state index contributed by atoms with van der Waals surface area (Å²) in [5.41, 5.74) is 6.82. The molecular weight excluding hydrogens is 256 g/mol. The van der Waals surface area contributed by atoms with Gasteiger partial charge in [0.15, 0.2) is 0 Å². The highest BCUT2D eigenvalue weighted by atomic mass is 16.3. The third-order valence-electron chi connectivity index (χ3n) is 4.27. The fourth-order valence-corrected chi connectivity index (χ4v) is 2.94. The number of fused-ring (bicyclic) bond motifs is 3. The molecule has 0 aliphatic heterocycles. The van der Waals surface area contributed by atoms with Crippen molar-refractivity contribution in [2.24, 2.45) is 0 Å². The van der Waals surface area contributed by atoms with E-state index in [4.69, 9.17) is 4.42 Å². The first-order chi connectivity index (χ1) is 10.3. The van der Waals surface area contributed by atoms with Crippen LogP contribution in [-0.2, 0) is 0 Å². The molecule has 1 nitrogen and oxygen atoms in total. The van der Waals surface area contributed by atoms with Gasteiger partial charge >= 0.3 is 0 Å². The molecule has 4 rings (SSSR count). The van der Waals surface area contributed by atoms with Gasteiger partial charge in [0.25, 0.3) is 0 Å². The van der Waals surface area contributed by atoms with E-state index in [1.165, 1.54) is 27.5 Å². The van der Waals surface area contributed by atoms with Crippen molar-refractivity contribution in [2.45, 2.75) is 13.8 Å². The second kappa shape index (κ2) is 4.49. The number of rotatable bonds is 1. The van der Waals surface area contributed by atoms with E-state index in [0.29, 0.717) is 0 Å². The molecule has 4 aromatic rings. The van der Waals surface area contributed by atoms with Gasteiger partial charge in [0.05, 0.1) is 0 Å². The Kier molecular flexibility index (Phi) is 2.61. The molecule has 1 aromatic heterocycles. The lowest BCUT2D eigenvalue weighted by molar-refractivity contribution is 0.666. The van der Waals surface area contributed by atoms with Crippen molar-refractivity contribution >= 4 is 21.9 Å². The SMILES string of the molecule is Cc1ccc2c(oc3c(-c4ccccc4)cccc32)c1C. The Labute approximate surface area is 123 Å². The Morgan fingerprint density at radius 1 is 0.667 bits per heavy atom. The van der Waals surface area contributed by atoms with Crippen LogP contribution in [-0.4, -0.2) is 0 Å². The summed E-state index contributed by atoms with van der Waals surface area (Å²) in [5, 5.41) is 2.39. The molecule has 0 radical (unpaired) electrons. The minimum atomic E-state index is 0.979. The first-order valence-corrected chi connectivity index (χ1v) is 7.22. The molecule has 0 spiro atoms. The third kappa shape index (κ3) is 1.78. The molecule has 0 atom stereocenters. The van der Waals surface area contributed by atoms with Crippen LogP contribution in [0.4, 0.5) is 0 Å². The Hall–Kier alpha value is -2.54. The van der Waals surface area contributed by atoms with Crippen LogP contribution < -0.4 is 0 Å². The Bertz CT molecular complexity index is 946. The molecule has 3 aromatic carbocycles. The maximum atomic E-state index is 6.25. The molecule has 0 amide bonds. The van der Waals surface area contributed by atoms with Crippen LogP contribution in [0.5, 0.6) is 0 Å². The number of hydrogen-bond acceptors (Lipinski definition) is 1. The van der Waals surface area contributed by atoms with Crippen molar-refractivity contribution in [3.05, 3.63) is 71.8 Å². The van der Waals surface area contributed by atoms with Crippen molar-refractivity contribution in [3.63, 3.8) is 0 Å². The van der Waals surface area contributed by atoms with E-state index in [1.807, 2.05) is 6.07 Å². The van der Waals surface area contributed by atoms with E-state index >= 15 is 0 Å². The van der Waals surface area contributed by atoms with E-state index in [0.717, 1.165) is 16.7 Å². The number of aryl methyl sites for hydroxylation is 2.